The number of nitrogens with zero attached hydrogens (tertiary/aromatic N) is 3. The maximum absolute atomic E-state index is 9.12. The van der Waals surface area contributed by atoms with Gasteiger partial charge in [-0.1, -0.05) is 6.92 Å². The number of hydrogen-bond acceptors (Lipinski definition) is 4. The first-order valence-corrected chi connectivity index (χ1v) is 8.55. The van der Waals surface area contributed by atoms with Crippen molar-refractivity contribution >= 4 is 22.3 Å². The van der Waals surface area contributed by atoms with Crippen LogP contribution in [0.4, 0.5) is 5.00 Å². The van der Waals surface area contributed by atoms with Crippen LogP contribution in [-0.2, 0) is 0 Å². The summed E-state index contributed by atoms with van der Waals surface area (Å²) in [5, 5.41) is 16.0. The number of rotatable bonds is 5. The van der Waals surface area contributed by atoms with Crippen molar-refractivity contribution in [3.05, 3.63) is 17.5 Å². The Hall–Kier alpha value is -1.27. The predicted octanol–water partition coefficient (Wildman–Crippen LogP) is 1.46. The lowest BCUT2D eigenvalue weighted by atomic mass is 10.2. The number of aliphatic hydroxyl groups excluding tert-OH is 1. The number of aliphatic imine (C=N–C) groups is 1. The van der Waals surface area contributed by atoms with Crippen LogP contribution in [0, 0.1) is 5.92 Å². The zero-order valence-corrected chi connectivity index (χ0v) is 13.8. The number of anilines is 1. The van der Waals surface area contributed by atoms with E-state index in [1.54, 1.807) is 11.3 Å². The molecule has 1 atom stereocenters. The molecule has 21 heavy (non-hydrogen) atoms. The molecular formula is C15H26N4OS. The van der Waals surface area contributed by atoms with E-state index in [0.717, 1.165) is 38.7 Å². The molecule has 0 aliphatic carbocycles. The van der Waals surface area contributed by atoms with E-state index in [2.05, 4.69) is 44.5 Å². The fraction of sp³-hybridized carbons (Fsp3) is 0.667. The third kappa shape index (κ3) is 4.61. The molecular weight excluding hydrogens is 284 g/mol. The van der Waals surface area contributed by atoms with Gasteiger partial charge in [0.25, 0.3) is 0 Å². The highest BCUT2D eigenvalue weighted by Gasteiger charge is 2.20. The van der Waals surface area contributed by atoms with Crippen LogP contribution in [0.15, 0.2) is 22.5 Å². The third-order valence-corrected chi connectivity index (χ3v) is 4.53. The van der Waals surface area contributed by atoms with Gasteiger partial charge in [-0.15, -0.1) is 11.3 Å². The first-order chi connectivity index (χ1) is 10.2. The minimum Gasteiger partial charge on any atom is -0.396 e. The Morgan fingerprint density at radius 2 is 2.19 bits per heavy atom. The van der Waals surface area contributed by atoms with Gasteiger partial charge in [0.05, 0.1) is 5.00 Å². The smallest absolute Gasteiger partial charge is 0.194 e. The normalized spacial score (nSPS) is 18.0. The lowest BCUT2D eigenvalue weighted by Crippen LogP contribution is -2.52. The predicted molar refractivity (Wildman–Crippen MR) is 90.3 cm³/mol. The topological polar surface area (TPSA) is 51.1 Å². The number of piperazine rings is 1. The summed E-state index contributed by atoms with van der Waals surface area (Å²) in [5.74, 6) is 1.19. The summed E-state index contributed by atoms with van der Waals surface area (Å²) in [6.07, 6.45) is 0. The highest BCUT2D eigenvalue weighted by atomic mass is 32.1. The van der Waals surface area contributed by atoms with E-state index in [0.29, 0.717) is 6.54 Å². The minimum atomic E-state index is 0.190. The second-order valence-corrected chi connectivity index (χ2v) is 6.33. The van der Waals surface area contributed by atoms with Crippen molar-refractivity contribution in [1.29, 1.82) is 0 Å². The fourth-order valence-corrected chi connectivity index (χ4v) is 3.10. The van der Waals surface area contributed by atoms with Gasteiger partial charge in [-0.2, -0.15) is 0 Å². The molecule has 6 heteroatoms. The molecule has 1 aliphatic rings. The largest absolute Gasteiger partial charge is 0.396 e. The summed E-state index contributed by atoms with van der Waals surface area (Å²) < 4.78 is 0. The molecule has 1 aromatic heterocycles. The summed E-state index contributed by atoms with van der Waals surface area (Å²) in [4.78, 5) is 9.40. The van der Waals surface area contributed by atoms with Crippen LogP contribution in [-0.4, -0.2) is 61.8 Å². The van der Waals surface area contributed by atoms with Crippen LogP contribution >= 0.6 is 11.3 Å². The Balaban J connectivity index is 1.90. The first kappa shape index (κ1) is 16.1. The van der Waals surface area contributed by atoms with Gasteiger partial charge in [0.2, 0.25) is 0 Å². The highest BCUT2D eigenvalue weighted by molar-refractivity contribution is 7.14. The van der Waals surface area contributed by atoms with Crippen LogP contribution in [0.3, 0.4) is 0 Å². The quantitative estimate of drug-likeness (QED) is 0.639. The van der Waals surface area contributed by atoms with Crippen LogP contribution in [0.1, 0.15) is 13.8 Å². The molecule has 1 aromatic rings. The average Bonchev–Trinajstić information content (AvgIpc) is 3.05. The average molecular weight is 310 g/mol. The van der Waals surface area contributed by atoms with Crippen molar-refractivity contribution in [1.82, 2.24) is 10.2 Å². The van der Waals surface area contributed by atoms with Gasteiger partial charge in [-0.3, -0.25) is 4.99 Å². The molecule has 118 valence electrons. The van der Waals surface area contributed by atoms with Crippen molar-refractivity contribution < 1.29 is 5.11 Å². The number of guanidine groups is 1. The Morgan fingerprint density at radius 3 is 2.76 bits per heavy atom. The standard InChI is InChI=1S/C15H26N4OS/c1-3-16-15(17-11-13(2)12-20)19-8-6-18(7-9-19)14-5-4-10-21-14/h4-5,10,13,20H,3,6-9,11-12H2,1-2H3,(H,16,17). The number of hydrogen-bond donors (Lipinski definition) is 2. The summed E-state index contributed by atoms with van der Waals surface area (Å²) in [5.41, 5.74) is 0. The second-order valence-electron chi connectivity index (χ2n) is 5.41. The van der Waals surface area contributed by atoms with Crippen molar-refractivity contribution in [3.8, 4) is 0 Å². The van der Waals surface area contributed by atoms with Crippen molar-refractivity contribution in [2.45, 2.75) is 13.8 Å². The summed E-state index contributed by atoms with van der Waals surface area (Å²) >= 11 is 1.80. The lowest BCUT2D eigenvalue weighted by molar-refractivity contribution is 0.241. The molecule has 0 radical (unpaired) electrons. The van der Waals surface area contributed by atoms with E-state index in [9.17, 15) is 0 Å². The van der Waals surface area contributed by atoms with Crippen molar-refractivity contribution in [2.24, 2.45) is 10.9 Å². The summed E-state index contributed by atoms with van der Waals surface area (Å²) in [7, 11) is 0. The van der Waals surface area contributed by atoms with E-state index < -0.39 is 0 Å². The molecule has 0 aromatic carbocycles. The molecule has 1 aliphatic heterocycles. The van der Waals surface area contributed by atoms with Crippen molar-refractivity contribution in [3.63, 3.8) is 0 Å². The Bertz CT molecular complexity index is 427. The van der Waals surface area contributed by atoms with Gasteiger partial charge in [-0.25, -0.2) is 0 Å². The molecule has 0 amide bonds. The molecule has 1 unspecified atom stereocenters. The van der Waals surface area contributed by atoms with Gasteiger partial charge in [-0.05, 0) is 30.4 Å². The molecule has 1 fully saturated rings. The highest BCUT2D eigenvalue weighted by Crippen LogP contribution is 2.22. The summed E-state index contributed by atoms with van der Waals surface area (Å²) in [6, 6.07) is 4.29. The zero-order valence-electron chi connectivity index (χ0n) is 13.0. The van der Waals surface area contributed by atoms with Gasteiger partial charge in [0.15, 0.2) is 5.96 Å². The van der Waals surface area contributed by atoms with Crippen LogP contribution in [0.5, 0.6) is 0 Å². The maximum atomic E-state index is 9.12. The molecule has 0 saturated carbocycles. The lowest BCUT2D eigenvalue weighted by Gasteiger charge is -2.37. The molecule has 5 nitrogen and oxygen atoms in total. The van der Waals surface area contributed by atoms with Crippen LogP contribution in [0.25, 0.3) is 0 Å². The number of aliphatic hydroxyl groups is 1. The minimum absolute atomic E-state index is 0.190. The van der Waals surface area contributed by atoms with Gasteiger partial charge < -0.3 is 20.2 Å². The Labute approximate surface area is 131 Å². The van der Waals surface area contributed by atoms with Gasteiger partial charge >= 0.3 is 0 Å². The second kappa shape index (κ2) is 8.24. The number of thiophene rings is 1. The van der Waals surface area contributed by atoms with Gasteiger partial charge in [0, 0.05) is 45.9 Å². The van der Waals surface area contributed by atoms with Crippen molar-refractivity contribution in [2.75, 3.05) is 50.8 Å². The first-order valence-electron chi connectivity index (χ1n) is 7.67. The molecule has 2 heterocycles. The third-order valence-electron chi connectivity index (χ3n) is 3.60. The van der Waals surface area contributed by atoms with Crippen LogP contribution < -0.4 is 10.2 Å². The number of nitrogens with one attached hydrogen (secondary N) is 1. The maximum Gasteiger partial charge on any atom is 0.194 e. The van der Waals surface area contributed by atoms with E-state index in [1.165, 1.54) is 5.00 Å². The SMILES string of the molecule is CCNC(=NCC(C)CO)N1CCN(c2cccs2)CC1. The molecule has 0 spiro atoms. The van der Waals surface area contributed by atoms with E-state index in [4.69, 9.17) is 5.11 Å². The van der Waals surface area contributed by atoms with E-state index in [1.807, 2.05) is 6.92 Å². The molecule has 1 saturated heterocycles. The van der Waals surface area contributed by atoms with E-state index >= 15 is 0 Å². The zero-order chi connectivity index (χ0) is 15.1. The van der Waals surface area contributed by atoms with Crippen LogP contribution in [0.2, 0.25) is 0 Å². The molecule has 2 rings (SSSR count). The monoisotopic (exact) mass is 310 g/mol. The van der Waals surface area contributed by atoms with Gasteiger partial charge in [0.1, 0.15) is 0 Å². The Morgan fingerprint density at radius 1 is 1.43 bits per heavy atom. The fourth-order valence-electron chi connectivity index (χ4n) is 2.31. The molecule has 0 bridgehead atoms. The Kier molecular flexibility index (Phi) is 6.32. The summed E-state index contributed by atoms with van der Waals surface area (Å²) in [6.45, 7) is 9.86. The molecule has 2 N–H and O–H groups in total. The van der Waals surface area contributed by atoms with E-state index in [-0.39, 0.29) is 12.5 Å².